The maximum Gasteiger partial charge on any atom is 0.0198 e. The summed E-state index contributed by atoms with van der Waals surface area (Å²) in [6, 6.07) is 45.1. The number of hydrogen-bond donors (Lipinski definition) is 0. The number of benzene rings is 4. The number of hydrogen-bond acceptors (Lipinski definition) is 0. The minimum absolute atomic E-state index is 0.0684. The van der Waals surface area contributed by atoms with Crippen LogP contribution in [0, 0.1) is 10.8 Å². The van der Waals surface area contributed by atoms with Crippen molar-refractivity contribution >= 4 is 37.6 Å². The molecule has 4 bridgehead atoms. The zero-order valence-corrected chi connectivity index (χ0v) is 26.6. The molecule has 4 atom stereocenters. The summed E-state index contributed by atoms with van der Waals surface area (Å²) in [7, 11) is -0.912. The maximum absolute atomic E-state index is 2.55. The van der Waals surface area contributed by atoms with Crippen LogP contribution in [0.15, 0.2) is 143 Å². The van der Waals surface area contributed by atoms with Gasteiger partial charge in [-0.05, 0) is 96.7 Å². The van der Waals surface area contributed by atoms with Crippen molar-refractivity contribution in [3.8, 4) is 0 Å². The Hall–Kier alpha value is -3.30. The van der Waals surface area contributed by atoms with Gasteiger partial charge in [-0.3, -0.25) is 0 Å². The second-order valence-corrected chi connectivity index (χ2v) is 16.8. The molecular formula is C40H36P2. The van der Waals surface area contributed by atoms with E-state index in [1.807, 2.05) is 0 Å². The number of fused-ring (bicyclic) bond motifs is 4. The molecule has 4 aliphatic rings. The van der Waals surface area contributed by atoms with E-state index in [9.17, 15) is 0 Å². The van der Waals surface area contributed by atoms with Crippen molar-refractivity contribution in [2.45, 2.75) is 27.7 Å². The molecule has 0 spiro atoms. The lowest BCUT2D eigenvalue weighted by Gasteiger charge is -2.36. The molecule has 0 radical (unpaired) electrons. The van der Waals surface area contributed by atoms with Crippen LogP contribution >= 0.6 is 15.8 Å². The van der Waals surface area contributed by atoms with E-state index in [1.165, 1.54) is 34.6 Å². The number of rotatable bonds is 5. The van der Waals surface area contributed by atoms with E-state index in [2.05, 4.69) is 149 Å². The molecule has 4 aromatic rings. The van der Waals surface area contributed by atoms with E-state index in [0.717, 1.165) is 0 Å². The third-order valence-electron chi connectivity index (χ3n) is 10.4. The predicted molar refractivity (Wildman–Crippen MR) is 185 cm³/mol. The van der Waals surface area contributed by atoms with Crippen molar-refractivity contribution < 1.29 is 0 Å². The summed E-state index contributed by atoms with van der Waals surface area (Å²) >= 11 is 0. The van der Waals surface area contributed by atoms with Crippen molar-refractivity contribution in [3.05, 3.63) is 165 Å². The lowest BCUT2D eigenvalue weighted by molar-refractivity contribution is 0.623. The summed E-state index contributed by atoms with van der Waals surface area (Å²) in [6.07, 6.45) is 2.48. The Kier molecular flexibility index (Phi) is 6.02. The van der Waals surface area contributed by atoms with Crippen LogP contribution in [0.25, 0.3) is 21.8 Å². The monoisotopic (exact) mass is 578 g/mol. The second kappa shape index (κ2) is 9.61. The predicted octanol–water partition coefficient (Wildman–Crippen LogP) is 11.7. The van der Waals surface area contributed by atoms with E-state index < -0.39 is 15.8 Å². The number of allylic oxidation sites excluding steroid dienone is 6. The van der Waals surface area contributed by atoms with Gasteiger partial charge in [-0.2, -0.15) is 0 Å². The van der Waals surface area contributed by atoms with E-state index in [0.29, 0.717) is 0 Å². The quantitative estimate of drug-likeness (QED) is 0.207. The van der Waals surface area contributed by atoms with Crippen LogP contribution in [0.4, 0.5) is 0 Å². The summed E-state index contributed by atoms with van der Waals surface area (Å²) in [5, 5.41) is 6.72. The molecule has 0 fully saturated rings. The van der Waals surface area contributed by atoms with E-state index in [-0.39, 0.29) is 10.8 Å². The first-order chi connectivity index (χ1) is 20.4. The highest BCUT2D eigenvalue weighted by Gasteiger charge is 2.58. The normalized spacial score (nSPS) is 28.1. The standard InChI is InChI=1S/C40H36P2/c1-27-35(41-25-39(27,3)33(29-17-9-5-10-18-29)37(41)31-21-13-7-14-22-31)36-28(2)40(4)26-42(36)38(32-23-15-8-16-24-32)34(40)30-19-11-6-12-20-30/h5-24H,25-26H2,1-4H3/t39-,40-,41?,42?/m1/s1. The summed E-state index contributed by atoms with van der Waals surface area (Å²) in [4.78, 5) is 0. The van der Waals surface area contributed by atoms with E-state index in [4.69, 9.17) is 0 Å². The molecule has 0 aliphatic carbocycles. The Bertz CT molecular complexity index is 1710. The molecule has 0 nitrogen and oxygen atoms in total. The van der Waals surface area contributed by atoms with Gasteiger partial charge in [0, 0.05) is 10.8 Å². The lowest BCUT2D eigenvalue weighted by atomic mass is 9.72. The van der Waals surface area contributed by atoms with Crippen molar-refractivity contribution in [2.75, 3.05) is 12.3 Å². The molecule has 2 unspecified atom stereocenters. The minimum atomic E-state index is -0.456. The smallest absolute Gasteiger partial charge is 0.0198 e. The maximum atomic E-state index is 2.55. The largest absolute Gasteiger partial charge is 0.0622 e. The van der Waals surface area contributed by atoms with Gasteiger partial charge < -0.3 is 0 Å². The highest BCUT2D eigenvalue weighted by molar-refractivity contribution is 7.79. The highest BCUT2D eigenvalue weighted by Crippen LogP contribution is 2.87. The van der Waals surface area contributed by atoms with Gasteiger partial charge in [0.05, 0.1) is 0 Å². The van der Waals surface area contributed by atoms with Crippen molar-refractivity contribution in [2.24, 2.45) is 10.8 Å². The van der Waals surface area contributed by atoms with E-state index in [1.54, 1.807) is 43.5 Å². The van der Waals surface area contributed by atoms with Crippen LogP contribution < -0.4 is 0 Å². The van der Waals surface area contributed by atoms with Crippen LogP contribution in [-0.4, -0.2) is 12.3 Å². The molecule has 4 aromatic carbocycles. The molecule has 206 valence electrons. The Morgan fingerprint density at radius 3 is 1.00 bits per heavy atom. The van der Waals surface area contributed by atoms with Gasteiger partial charge in [0.15, 0.2) is 0 Å². The third kappa shape index (κ3) is 3.56. The first-order valence-corrected chi connectivity index (χ1v) is 18.2. The van der Waals surface area contributed by atoms with Gasteiger partial charge in [-0.15, -0.1) is 0 Å². The van der Waals surface area contributed by atoms with Crippen molar-refractivity contribution in [1.82, 2.24) is 0 Å². The fourth-order valence-corrected chi connectivity index (χ4v) is 16.4. The van der Waals surface area contributed by atoms with Crippen LogP contribution in [0.2, 0.25) is 0 Å². The average molecular weight is 579 g/mol. The second-order valence-electron chi connectivity index (χ2n) is 12.7. The van der Waals surface area contributed by atoms with Crippen LogP contribution in [0.3, 0.4) is 0 Å². The molecule has 0 saturated carbocycles. The highest BCUT2D eigenvalue weighted by atomic mass is 31.1. The Balaban J connectivity index is 1.34. The fourth-order valence-electron chi connectivity index (χ4n) is 8.19. The molecule has 4 aliphatic heterocycles. The molecule has 4 heterocycles. The molecule has 0 N–H and O–H groups in total. The van der Waals surface area contributed by atoms with Gasteiger partial charge in [0.25, 0.3) is 0 Å². The molecule has 8 rings (SSSR count). The zero-order valence-electron chi connectivity index (χ0n) is 24.9. The topological polar surface area (TPSA) is 0 Å². The molecule has 0 saturated heterocycles. The zero-order chi connectivity index (χ0) is 28.6. The van der Waals surface area contributed by atoms with Gasteiger partial charge in [-0.25, -0.2) is 0 Å². The van der Waals surface area contributed by atoms with Gasteiger partial charge in [0.2, 0.25) is 0 Å². The molecular weight excluding hydrogens is 542 g/mol. The van der Waals surface area contributed by atoms with Crippen LogP contribution in [0.5, 0.6) is 0 Å². The lowest BCUT2D eigenvalue weighted by Crippen LogP contribution is -2.20. The molecule has 0 aromatic heterocycles. The molecule has 2 heteroatoms. The summed E-state index contributed by atoms with van der Waals surface area (Å²) < 4.78 is 0. The summed E-state index contributed by atoms with van der Waals surface area (Å²) in [6.45, 7) is 10.1. The fraction of sp³-hybridized carbons (Fsp3) is 0.200. The summed E-state index contributed by atoms with van der Waals surface area (Å²) in [5.41, 5.74) is 12.2. The van der Waals surface area contributed by atoms with Crippen molar-refractivity contribution in [3.63, 3.8) is 0 Å². The van der Waals surface area contributed by atoms with Gasteiger partial charge >= 0.3 is 0 Å². The van der Waals surface area contributed by atoms with Crippen LogP contribution in [0.1, 0.15) is 49.9 Å². The molecule has 42 heavy (non-hydrogen) atoms. The van der Waals surface area contributed by atoms with E-state index >= 15 is 0 Å². The Morgan fingerprint density at radius 2 is 0.690 bits per heavy atom. The van der Waals surface area contributed by atoms with Crippen molar-refractivity contribution in [1.29, 1.82) is 0 Å². The van der Waals surface area contributed by atoms with Gasteiger partial charge in [-0.1, -0.05) is 146 Å². The summed E-state index contributed by atoms with van der Waals surface area (Å²) in [5.74, 6) is 0. The first kappa shape index (κ1) is 26.3. The Morgan fingerprint density at radius 1 is 0.405 bits per heavy atom. The minimum Gasteiger partial charge on any atom is -0.0622 e. The SMILES string of the molecule is CC1=C(C2=C(C)[C@@]3(C)CP2C(c2ccccc2)=C3c2ccccc2)P2C[C@@]1(C)C(c1ccccc1)=C2c1ccccc1. The average Bonchev–Trinajstić information content (AvgIpc) is 3.69. The van der Waals surface area contributed by atoms with Gasteiger partial charge in [0.1, 0.15) is 0 Å². The molecule has 0 amide bonds. The third-order valence-corrected chi connectivity index (χ3v) is 16.7. The van der Waals surface area contributed by atoms with Crippen LogP contribution in [-0.2, 0) is 0 Å². The first-order valence-electron chi connectivity index (χ1n) is 15.1. The Labute approximate surface area is 253 Å².